The van der Waals surface area contributed by atoms with Gasteiger partial charge in [0.05, 0.1) is 12.2 Å². The summed E-state index contributed by atoms with van der Waals surface area (Å²) in [4.78, 5) is 11.9. The molecule has 1 heterocycles. The second-order valence-corrected chi connectivity index (χ2v) is 16.1. The van der Waals surface area contributed by atoms with Crippen molar-refractivity contribution in [3.8, 4) is 0 Å². The summed E-state index contributed by atoms with van der Waals surface area (Å²) in [6.07, 6.45) is 13.4. The molecule has 6 fully saturated rings. The van der Waals surface area contributed by atoms with Crippen LogP contribution in [0.2, 0.25) is 0 Å². The van der Waals surface area contributed by atoms with Crippen molar-refractivity contribution in [2.24, 2.45) is 56.7 Å². The number of hydrogen-bond acceptors (Lipinski definition) is 3. The van der Waals surface area contributed by atoms with Gasteiger partial charge in [-0.05, 0) is 122 Å². The summed E-state index contributed by atoms with van der Waals surface area (Å²) in [6.45, 7) is 20.6. The van der Waals surface area contributed by atoms with Gasteiger partial charge in [-0.1, -0.05) is 41.5 Å². The van der Waals surface area contributed by atoms with Crippen molar-refractivity contribution in [1.29, 1.82) is 0 Å². The zero-order valence-corrected chi connectivity index (χ0v) is 24.0. The van der Waals surface area contributed by atoms with Crippen molar-refractivity contribution in [2.45, 2.75) is 131 Å². The van der Waals surface area contributed by atoms with Crippen LogP contribution in [0, 0.1) is 56.7 Å². The zero-order valence-electron chi connectivity index (χ0n) is 24.0. The molecule has 6 rings (SSSR count). The fourth-order valence-corrected chi connectivity index (χ4v) is 12.3. The van der Waals surface area contributed by atoms with E-state index in [0.29, 0.717) is 27.6 Å². The van der Waals surface area contributed by atoms with Gasteiger partial charge in [-0.3, -0.25) is 4.79 Å². The minimum atomic E-state index is -0.106. The SMILES string of the molecule is CC(=O)O[C@H]1CC[C@]2(C)[C@H]3CC[C@@H]4[C@H]5[C@H]([C@@]6(C)CO6)CC[C@]5(C)CC[C@@]4(C)[C@]3(C)CC[C@H]2C1(C)C. The first-order valence-electron chi connectivity index (χ1n) is 15.0. The van der Waals surface area contributed by atoms with E-state index in [0.717, 1.165) is 36.7 Å². The number of carbonyl (C=O) groups excluding carboxylic acids is 1. The number of hydrogen-bond donors (Lipinski definition) is 0. The highest BCUT2D eigenvalue weighted by Gasteiger charge is 2.72. The fraction of sp³-hybridized carbons (Fsp3) is 0.969. The molecule has 5 aliphatic carbocycles. The van der Waals surface area contributed by atoms with Gasteiger partial charge in [0.2, 0.25) is 0 Å². The van der Waals surface area contributed by atoms with Gasteiger partial charge in [0.1, 0.15) is 6.10 Å². The van der Waals surface area contributed by atoms with E-state index < -0.39 is 0 Å². The Morgan fingerprint density at radius 1 is 0.743 bits per heavy atom. The van der Waals surface area contributed by atoms with Crippen molar-refractivity contribution < 1.29 is 14.3 Å². The minimum absolute atomic E-state index is 0.0529. The van der Waals surface area contributed by atoms with E-state index in [1.54, 1.807) is 6.92 Å². The summed E-state index contributed by atoms with van der Waals surface area (Å²) >= 11 is 0. The van der Waals surface area contributed by atoms with E-state index in [2.05, 4.69) is 48.5 Å². The zero-order chi connectivity index (χ0) is 25.2. The molecule has 0 N–H and O–H groups in total. The lowest BCUT2D eigenvalue weighted by Crippen LogP contribution is -2.66. The molecule has 3 nitrogen and oxygen atoms in total. The van der Waals surface area contributed by atoms with Gasteiger partial charge >= 0.3 is 5.97 Å². The molecule has 0 radical (unpaired) electrons. The summed E-state index contributed by atoms with van der Waals surface area (Å²) < 4.78 is 12.1. The van der Waals surface area contributed by atoms with Crippen LogP contribution >= 0.6 is 0 Å². The standard InChI is InChI=1S/C32H52O3/c1-20(33)35-25-13-15-29(5)23(27(25,2)3)12-16-31(7)24(29)10-9-21-26-22(32(8)19-34-32)11-14-28(26,4)17-18-30(21,31)6/h21-26H,9-19H2,1-8H3/t21-,22-,23+,24-,25+,26+,28-,29+,30-,31-,32-/m1/s1. The molecule has 1 aliphatic heterocycles. The van der Waals surface area contributed by atoms with Crippen molar-refractivity contribution in [3.05, 3.63) is 0 Å². The Morgan fingerprint density at radius 2 is 1.46 bits per heavy atom. The van der Waals surface area contributed by atoms with Crippen LogP contribution in [0.1, 0.15) is 120 Å². The highest BCUT2D eigenvalue weighted by atomic mass is 16.6. The molecule has 3 heteroatoms. The van der Waals surface area contributed by atoms with Gasteiger partial charge in [-0.2, -0.15) is 0 Å². The largest absolute Gasteiger partial charge is 0.462 e. The van der Waals surface area contributed by atoms with Crippen LogP contribution in [0.5, 0.6) is 0 Å². The summed E-state index contributed by atoms with van der Waals surface area (Å²) in [5, 5.41) is 0. The summed E-state index contributed by atoms with van der Waals surface area (Å²) in [5.74, 6) is 3.77. The van der Waals surface area contributed by atoms with Gasteiger partial charge in [-0.25, -0.2) is 0 Å². The van der Waals surface area contributed by atoms with Crippen molar-refractivity contribution >= 4 is 5.97 Å². The average Bonchev–Trinajstić information content (AvgIpc) is 3.40. The first-order valence-corrected chi connectivity index (χ1v) is 15.0. The molecule has 0 amide bonds. The Kier molecular flexibility index (Phi) is 5.16. The van der Waals surface area contributed by atoms with Gasteiger partial charge in [0.15, 0.2) is 0 Å². The van der Waals surface area contributed by atoms with E-state index in [1.807, 2.05) is 0 Å². The molecule has 0 spiro atoms. The van der Waals surface area contributed by atoms with E-state index in [4.69, 9.17) is 9.47 Å². The van der Waals surface area contributed by atoms with Crippen LogP contribution in [0.15, 0.2) is 0 Å². The van der Waals surface area contributed by atoms with Crippen LogP contribution in [0.25, 0.3) is 0 Å². The molecule has 35 heavy (non-hydrogen) atoms. The third kappa shape index (κ3) is 3.09. The maximum atomic E-state index is 11.9. The fourth-order valence-electron chi connectivity index (χ4n) is 12.3. The Bertz CT molecular complexity index is 904. The molecular formula is C32H52O3. The highest BCUT2D eigenvalue weighted by Crippen LogP contribution is 2.78. The molecular weight excluding hydrogens is 432 g/mol. The number of rotatable bonds is 2. The predicted octanol–water partition coefficient (Wildman–Crippen LogP) is 7.81. The number of ether oxygens (including phenoxy) is 2. The second-order valence-electron chi connectivity index (χ2n) is 16.1. The normalized spacial score (nSPS) is 58.4. The van der Waals surface area contributed by atoms with Gasteiger partial charge < -0.3 is 9.47 Å². The maximum absolute atomic E-state index is 11.9. The minimum Gasteiger partial charge on any atom is -0.462 e. The molecule has 198 valence electrons. The summed E-state index contributed by atoms with van der Waals surface area (Å²) in [6, 6.07) is 0. The molecule has 0 aromatic heterocycles. The van der Waals surface area contributed by atoms with Gasteiger partial charge in [-0.15, -0.1) is 0 Å². The van der Waals surface area contributed by atoms with E-state index in [-0.39, 0.29) is 23.1 Å². The lowest BCUT2D eigenvalue weighted by Gasteiger charge is -2.73. The lowest BCUT2D eigenvalue weighted by atomic mass is 9.32. The van der Waals surface area contributed by atoms with Gasteiger partial charge in [0.25, 0.3) is 0 Å². The molecule has 11 atom stereocenters. The predicted molar refractivity (Wildman–Crippen MR) is 140 cm³/mol. The first-order chi connectivity index (χ1) is 16.2. The first kappa shape index (κ1) is 24.7. The Labute approximate surface area is 214 Å². The summed E-state index contributed by atoms with van der Waals surface area (Å²) in [5.41, 5.74) is 1.93. The van der Waals surface area contributed by atoms with E-state index >= 15 is 0 Å². The molecule has 0 unspecified atom stereocenters. The van der Waals surface area contributed by atoms with E-state index in [1.165, 1.54) is 57.8 Å². The maximum Gasteiger partial charge on any atom is 0.302 e. The van der Waals surface area contributed by atoms with Crippen LogP contribution in [0.3, 0.4) is 0 Å². The van der Waals surface area contributed by atoms with Crippen molar-refractivity contribution in [1.82, 2.24) is 0 Å². The van der Waals surface area contributed by atoms with Crippen LogP contribution in [-0.2, 0) is 14.3 Å². The number of fused-ring (bicyclic) bond motifs is 7. The third-order valence-corrected chi connectivity index (χ3v) is 14.5. The topological polar surface area (TPSA) is 38.8 Å². The molecule has 1 saturated heterocycles. The quantitative estimate of drug-likeness (QED) is 0.296. The Hall–Kier alpha value is -0.570. The van der Waals surface area contributed by atoms with Crippen LogP contribution in [0.4, 0.5) is 0 Å². The number of carbonyl (C=O) groups is 1. The summed E-state index contributed by atoms with van der Waals surface area (Å²) in [7, 11) is 0. The van der Waals surface area contributed by atoms with Crippen LogP contribution < -0.4 is 0 Å². The average molecular weight is 485 g/mol. The molecule has 6 aliphatic rings. The van der Waals surface area contributed by atoms with Crippen molar-refractivity contribution in [2.75, 3.05) is 6.61 Å². The lowest BCUT2D eigenvalue weighted by molar-refractivity contribution is -0.250. The number of epoxide rings is 1. The molecule has 0 aromatic rings. The second kappa shape index (κ2) is 7.29. The van der Waals surface area contributed by atoms with E-state index in [9.17, 15) is 4.79 Å². The molecule has 0 aromatic carbocycles. The number of esters is 1. The highest BCUT2D eigenvalue weighted by molar-refractivity contribution is 5.66. The Morgan fingerprint density at radius 3 is 2.11 bits per heavy atom. The third-order valence-electron chi connectivity index (χ3n) is 14.5. The monoisotopic (exact) mass is 484 g/mol. The molecule has 0 bridgehead atoms. The van der Waals surface area contributed by atoms with Crippen LogP contribution in [-0.4, -0.2) is 24.3 Å². The Balaban J connectivity index is 1.34. The van der Waals surface area contributed by atoms with Crippen molar-refractivity contribution in [3.63, 3.8) is 0 Å². The van der Waals surface area contributed by atoms with Gasteiger partial charge in [0, 0.05) is 12.3 Å². The smallest absolute Gasteiger partial charge is 0.302 e. The molecule has 5 saturated carbocycles.